The van der Waals surface area contributed by atoms with Crippen LogP contribution in [0, 0.1) is 0 Å². The van der Waals surface area contributed by atoms with Gasteiger partial charge in [0.25, 0.3) is 0 Å². The Kier molecular flexibility index (Phi) is 5.04. The van der Waals surface area contributed by atoms with E-state index in [1.54, 1.807) is 7.11 Å². The van der Waals surface area contributed by atoms with Crippen LogP contribution in [0.4, 0.5) is 5.69 Å². The van der Waals surface area contributed by atoms with Gasteiger partial charge in [-0.25, -0.2) is 0 Å². The quantitative estimate of drug-likeness (QED) is 0.787. The summed E-state index contributed by atoms with van der Waals surface area (Å²) in [6, 6.07) is 15.8. The molecular formula is C20H23NO3. The fourth-order valence-corrected chi connectivity index (χ4v) is 3.26. The average Bonchev–Trinajstić information content (AvgIpc) is 3.17. The van der Waals surface area contributed by atoms with Crippen molar-refractivity contribution in [1.29, 1.82) is 0 Å². The summed E-state index contributed by atoms with van der Waals surface area (Å²) in [7, 11) is 3.05. The molecule has 24 heavy (non-hydrogen) atoms. The molecule has 0 aliphatic carbocycles. The molecule has 1 fully saturated rings. The number of benzene rings is 2. The number of esters is 1. The molecule has 1 aliphatic rings. The van der Waals surface area contributed by atoms with E-state index in [1.165, 1.54) is 25.6 Å². The monoisotopic (exact) mass is 325 g/mol. The molecule has 0 bridgehead atoms. The van der Waals surface area contributed by atoms with Gasteiger partial charge in [0.05, 0.1) is 14.2 Å². The van der Waals surface area contributed by atoms with Gasteiger partial charge in [-0.15, -0.1) is 0 Å². The molecule has 1 atom stereocenters. The standard InChI is InChI=1S/C20H23NO3/c1-23-18-7-5-6-16(14-18)19(20(22)24-2)15-8-10-17(11-9-15)21-12-3-4-13-21/h5-11,14,19H,3-4,12-13H2,1-2H3/t19-/m1/s1. The summed E-state index contributed by atoms with van der Waals surface area (Å²) in [6.45, 7) is 2.21. The zero-order chi connectivity index (χ0) is 16.9. The van der Waals surface area contributed by atoms with Crippen molar-refractivity contribution in [2.45, 2.75) is 18.8 Å². The van der Waals surface area contributed by atoms with Crippen LogP contribution in [0.2, 0.25) is 0 Å². The highest BCUT2D eigenvalue weighted by atomic mass is 16.5. The van der Waals surface area contributed by atoms with Crippen LogP contribution < -0.4 is 9.64 Å². The topological polar surface area (TPSA) is 38.8 Å². The maximum Gasteiger partial charge on any atom is 0.317 e. The Balaban J connectivity index is 1.92. The second kappa shape index (κ2) is 7.39. The molecule has 1 aliphatic heterocycles. The van der Waals surface area contributed by atoms with Crippen molar-refractivity contribution in [2.24, 2.45) is 0 Å². The average molecular weight is 325 g/mol. The maximum absolute atomic E-state index is 12.4. The van der Waals surface area contributed by atoms with Crippen molar-refractivity contribution in [3.63, 3.8) is 0 Å². The molecule has 4 heteroatoms. The summed E-state index contributed by atoms with van der Waals surface area (Å²) in [5, 5.41) is 0. The van der Waals surface area contributed by atoms with E-state index in [0.717, 1.165) is 30.0 Å². The molecule has 126 valence electrons. The van der Waals surface area contributed by atoms with Gasteiger partial charge >= 0.3 is 5.97 Å². The van der Waals surface area contributed by atoms with E-state index >= 15 is 0 Å². The van der Waals surface area contributed by atoms with Crippen LogP contribution in [-0.4, -0.2) is 33.3 Å². The third-order valence-electron chi connectivity index (χ3n) is 4.56. The van der Waals surface area contributed by atoms with Crippen LogP contribution in [-0.2, 0) is 9.53 Å². The van der Waals surface area contributed by atoms with E-state index < -0.39 is 5.92 Å². The first-order chi connectivity index (χ1) is 11.7. The number of rotatable bonds is 5. The smallest absolute Gasteiger partial charge is 0.317 e. The lowest BCUT2D eigenvalue weighted by Gasteiger charge is -2.20. The zero-order valence-electron chi connectivity index (χ0n) is 14.2. The molecule has 1 heterocycles. The molecule has 0 saturated carbocycles. The molecule has 2 aromatic carbocycles. The van der Waals surface area contributed by atoms with Gasteiger partial charge in [0, 0.05) is 18.8 Å². The number of anilines is 1. The number of hydrogen-bond donors (Lipinski definition) is 0. The second-order valence-corrected chi connectivity index (χ2v) is 6.02. The molecule has 0 radical (unpaired) electrons. The fourth-order valence-electron chi connectivity index (χ4n) is 3.26. The van der Waals surface area contributed by atoms with Crippen LogP contribution in [0.1, 0.15) is 29.9 Å². The summed E-state index contributed by atoms with van der Waals surface area (Å²) in [4.78, 5) is 14.8. The zero-order valence-corrected chi connectivity index (χ0v) is 14.2. The van der Waals surface area contributed by atoms with Crippen molar-refractivity contribution >= 4 is 11.7 Å². The summed E-state index contributed by atoms with van der Waals surface area (Å²) < 4.78 is 10.3. The first kappa shape index (κ1) is 16.4. The predicted molar refractivity (Wildman–Crippen MR) is 94.7 cm³/mol. The number of methoxy groups -OCH3 is 2. The van der Waals surface area contributed by atoms with E-state index in [2.05, 4.69) is 17.0 Å². The first-order valence-electron chi connectivity index (χ1n) is 8.29. The van der Waals surface area contributed by atoms with Gasteiger partial charge in [0.2, 0.25) is 0 Å². The van der Waals surface area contributed by atoms with Crippen LogP contribution in [0.15, 0.2) is 48.5 Å². The van der Waals surface area contributed by atoms with Crippen LogP contribution >= 0.6 is 0 Å². The molecule has 0 spiro atoms. The molecule has 3 rings (SSSR count). The highest BCUT2D eigenvalue weighted by Crippen LogP contribution is 2.30. The highest BCUT2D eigenvalue weighted by molar-refractivity contribution is 5.82. The second-order valence-electron chi connectivity index (χ2n) is 6.02. The Morgan fingerprint density at radius 3 is 2.33 bits per heavy atom. The predicted octanol–water partition coefficient (Wildman–Crippen LogP) is 3.60. The lowest BCUT2D eigenvalue weighted by molar-refractivity contribution is -0.141. The van der Waals surface area contributed by atoms with E-state index in [0.29, 0.717) is 0 Å². The first-order valence-corrected chi connectivity index (χ1v) is 8.29. The van der Waals surface area contributed by atoms with Crippen molar-refractivity contribution in [3.05, 3.63) is 59.7 Å². The largest absolute Gasteiger partial charge is 0.497 e. The Hall–Kier alpha value is -2.49. The van der Waals surface area contributed by atoms with Gasteiger partial charge in [-0.3, -0.25) is 4.79 Å². The van der Waals surface area contributed by atoms with Gasteiger partial charge in [-0.2, -0.15) is 0 Å². The van der Waals surface area contributed by atoms with Crippen LogP contribution in [0.25, 0.3) is 0 Å². The molecule has 4 nitrogen and oxygen atoms in total. The summed E-state index contributed by atoms with van der Waals surface area (Å²) in [5.41, 5.74) is 3.01. The molecule has 0 unspecified atom stereocenters. The van der Waals surface area contributed by atoms with Crippen molar-refractivity contribution < 1.29 is 14.3 Å². The minimum absolute atomic E-state index is 0.267. The molecule has 1 saturated heterocycles. The lowest BCUT2D eigenvalue weighted by Crippen LogP contribution is -2.18. The fraction of sp³-hybridized carbons (Fsp3) is 0.350. The van der Waals surface area contributed by atoms with Crippen molar-refractivity contribution in [1.82, 2.24) is 0 Å². The highest BCUT2D eigenvalue weighted by Gasteiger charge is 2.24. The minimum Gasteiger partial charge on any atom is -0.497 e. The third-order valence-corrected chi connectivity index (χ3v) is 4.56. The maximum atomic E-state index is 12.4. The van der Waals surface area contributed by atoms with Gasteiger partial charge in [0.15, 0.2) is 0 Å². The number of carbonyl (C=O) groups excluding carboxylic acids is 1. The van der Waals surface area contributed by atoms with E-state index in [9.17, 15) is 4.79 Å². The summed E-state index contributed by atoms with van der Waals surface area (Å²) in [6.07, 6.45) is 2.49. The number of nitrogens with zero attached hydrogens (tertiary/aromatic N) is 1. The van der Waals surface area contributed by atoms with E-state index in [-0.39, 0.29) is 5.97 Å². The van der Waals surface area contributed by atoms with Crippen molar-refractivity contribution in [3.8, 4) is 5.75 Å². The molecule has 0 amide bonds. The summed E-state index contributed by atoms with van der Waals surface area (Å²) >= 11 is 0. The van der Waals surface area contributed by atoms with Crippen molar-refractivity contribution in [2.75, 3.05) is 32.2 Å². The normalized spacial score (nSPS) is 15.2. The lowest BCUT2D eigenvalue weighted by atomic mass is 9.91. The number of carbonyl (C=O) groups is 1. The van der Waals surface area contributed by atoms with E-state index in [1.807, 2.05) is 36.4 Å². The third kappa shape index (κ3) is 3.37. The summed E-state index contributed by atoms with van der Waals surface area (Å²) in [5.74, 6) is 0.0185. The SMILES string of the molecule is COC(=O)[C@H](c1ccc(N2CCCC2)cc1)c1cccc(OC)c1. The van der Waals surface area contributed by atoms with Gasteiger partial charge in [-0.05, 0) is 48.2 Å². The number of ether oxygens (including phenoxy) is 2. The molecule has 0 N–H and O–H groups in total. The number of hydrogen-bond acceptors (Lipinski definition) is 4. The molecular weight excluding hydrogens is 302 g/mol. The van der Waals surface area contributed by atoms with Gasteiger partial charge in [0.1, 0.15) is 11.7 Å². The Morgan fingerprint density at radius 2 is 1.71 bits per heavy atom. The Bertz CT molecular complexity index is 690. The Morgan fingerprint density at radius 1 is 1.00 bits per heavy atom. The van der Waals surface area contributed by atoms with Crippen LogP contribution in [0.5, 0.6) is 5.75 Å². The molecule has 0 aromatic heterocycles. The van der Waals surface area contributed by atoms with Crippen LogP contribution in [0.3, 0.4) is 0 Å². The minimum atomic E-state index is -0.447. The van der Waals surface area contributed by atoms with E-state index in [4.69, 9.17) is 9.47 Å². The Labute approximate surface area is 143 Å². The molecule has 2 aromatic rings. The van der Waals surface area contributed by atoms with Gasteiger partial charge in [-0.1, -0.05) is 24.3 Å². The van der Waals surface area contributed by atoms with Gasteiger partial charge < -0.3 is 14.4 Å².